The van der Waals surface area contributed by atoms with Crippen LogP contribution in [0, 0.1) is 0 Å². The fraction of sp³-hybridized carbons (Fsp3) is 0.458. The van der Waals surface area contributed by atoms with E-state index in [9.17, 15) is 14.8 Å². The molecular weight excluding hydrogens is 534 g/mol. The van der Waals surface area contributed by atoms with Gasteiger partial charge in [0, 0.05) is 4.85 Å². The van der Waals surface area contributed by atoms with Crippen LogP contribution >= 0.6 is 8.17 Å². The molecule has 0 amide bonds. The first-order chi connectivity index (χ1) is 18.5. The van der Waals surface area contributed by atoms with Gasteiger partial charge in [0.1, 0.15) is 48.1 Å². The highest BCUT2D eigenvalue weighted by Crippen LogP contribution is 2.42. The number of alkyl halides is 1. The number of ether oxygens (including phenoxy) is 3. The molecule has 0 radical (unpaired) electrons. The maximum Gasteiger partial charge on any atom is 0.412 e. The molecular formula is C24H30FN6O7P. The van der Waals surface area contributed by atoms with Crippen molar-refractivity contribution < 1.29 is 37.9 Å². The minimum Gasteiger partial charge on any atom is -0.574 e. The maximum absolute atomic E-state index is 15.3. The Balaban J connectivity index is 1.33. The summed E-state index contributed by atoms with van der Waals surface area (Å²) in [6, 6.07) is 8.58. The number of halogens is 1. The summed E-state index contributed by atoms with van der Waals surface area (Å²) in [6.45, 7) is 6.34. The van der Waals surface area contributed by atoms with Crippen LogP contribution in [0.3, 0.4) is 0 Å². The lowest BCUT2D eigenvalue weighted by molar-refractivity contribution is -0.169. The molecule has 6 atom stereocenters. The van der Waals surface area contributed by atoms with E-state index in [1.165, 1.54) is 36.8 Å². The second kappa shape index (κ2) is 11.8. The topological polar surface area (TPSA) is 178 Å². The molecule has 0 spiro atoms. The zero-order valence-electron chi connectivity index (χ0n) is 21.7. The maximum atomic E-state index is 15.3. The summed E-state index contributed by atoms with van der Waals surface area (Å²) in [7, 11) is -2.51. The largest absolute Gasteiger partial charge is 0.574 e. The van der Waals surface area contributed by atoms with Gasteiger partial charge < -0.3 is 29.9 Å². The van der Waals surface area contributed by atoms with Crippen molar-refractivity contribution in [3.8, 4) is 11.5 Å². The molecule has 4 N–H and O–H groups in total. The van der Waals surface area contributed by atoms with Gasteiger partial charge >= 0.3 is 14.1 Å². The van der Waals surface area contributed by atoms with Crippen molar-refractivity contribution in [3.63, 3.8) is 0 Å². The number of hydrogen-bond donors (Lipinski definition) is 3. The average Bonchev–Trinajstić information content (AvgIpc) is 3.43. The van der Waals surface area contributed by atoms with Crippen molar-refractivity contribution in [1.82, 2.24) is 20.0 Å². The summed E-state index contributed by atoms with van der Waals surface area (Å²) < 4.78 is 38.7. The number of hydrogen-bond acceptors (Lipinski definition) is 11. The molecule has 1 unspecified atom stereocenters. The molecule has 3 heterocycles. The highest BCUT2D eigenvalue weighted by atomic mass is 31.1. The van der Waals surface area contributed by atoms with Crippen LogP contribution in [0.15, 0.2) is 47.6 Å². The van der Waals surface area contributed by atoms with E-state index < -0.39 is 44.2 Å². The zero-order valence-corrected chi connectivity index (χ0v) is 22.6. The molecule has 1 fully saturated rings. The molecule has 1 aliphatic heterocycles. The highest BCUT2D eigenvalue weighted by molar-refractivity contribution is 7.33. The Morgan fingerprint density at radius 1 is 1.31 bits per heavy atom. The monoisotopic (exact) mass is 564 g/mol. The number of rotatable bonds is 10. The number of esters is 1. The predicted octanol–water partition coefficient (Wildman–Crippen LogP) is 1.78. The van der Waals surface area contributed by atoms with E-state index in [0.29, 0.717) is 17.0 Å². The Morgan fingerprint density at radius 2 is 2.00 bits per heavy atom. The zero-order chi connectivity index (χ0) is 28.3. The van der Waals surface area contributed by atoms with Crippen LogP contribution in [0.4, 0.5) is 10.2 Å². The molecule has 0 bridgehead atoms. The Morgan fingerprint density at radius 3 is 2.69 bits per heavy atom. The number of aromatic nitrogens is 3. The van der Waals surface area contributed by atoms with E-state index in [4.69, 9.17) is 24.5 Å². The quantitative estimate of drug-likeness (QED) is 0.186. The van der Waals surface area contributed by atoms with Crippen LogP contribution < -0.4 is 25.3 Å². The van der Waals surface area contributed by atoms with Crippen LogP contribution in [0.1, 0.15) is 33.4 Å². The Bertz CT molecular complexity index is 1340. The summed E-state index contributed by atoms with van der Waals surface area (Å²) >= 11 is 0. The molecule has 13 nitrogen and oxygen atoms in total. The van der Waals surface area contributed by atoms with Gasteiger partial charge in [0.2, 0.25) is 0 Å². The van der Waals surface area contributed by atoms with Crippen LogP contribution in [0.25, 0.3) is 5.52 Å². The van der Waals surface area contributed by atoms with E-state index in [0.717, 1.165) is 0 Å². The van der Waals surface area contributed by atoms with Crippen LogP contribution in [-0.2, 0) is 19.9 Å². The molecule has 0 aliphatic carbocycles. The fourth-order valence-electron chi connectivity index (χ4n) is 4.03. The summed E-state index contributed by atoms with van der Waals surface area (Å²) in [4.78, 5) is 31.4. The van der Waals surface area contributed by atoms with Gasteiger partial charge in [-0.1, -0.05) is 0 Å². The lowest BCUT2D eigenvalue weighted by atomic mass is 9.94. The lowest BCUT2D eigenvalue weighted by Crippen LogP contribution is -2.36. The lowest BCUT2D eigenvalue weighted by Gasteiger charge is -2.26. The number of benzene rings is 1. The van der Waals surface area contributed by atoms with E-state index in [1.807, 2.05) is 0 Å². The van der Waals surface area contributed by atoms with Gasteiger partial charge in [-0.15, -0.1) is 0 Å². The second-order valence-electron chi connectivity index (χ2n) is 9.36. The first-order valence-electron chi connectivity index (χ1n) is 12.1. The number of nitrogen functional groups attached to an aromatic ring is 1. The van der Waals surface area contributed by atoms with Gasteiger partial charge in [-0.25, -0.2) is 13.9 Å². The minimum absolute atomic E-state index is 0.143. The third-order valence-corrected chi connectivity index (χ3v) is 6.70. The molecule has 3 aromatic rings. The number of carbonyl (C=O) groups is 1. The molecule has 15 heteroatoms. The van der Waals surface area contributed by atoms with Crippen LogP contribution in [0.5, 0.6) is 11.5 Å². The standard InChI is InChI=1S/C24H30FN6O7P/c1-13(2)36-23(33)14(3)29-30-39(34)38-16-7-5-15(6-8-16)35-11-18-20(32)21(25)24(4,37-18)19-10-9-17-22(26)27-12-28-31(17)19/h5-10,12-14,18,20-21,29,32H,11H2,1-4H3,(H2,26,27,28)/t14-,18+,20+,21+,24-/m0/s1. The molecule has 0 saturated carbocycles. The Kier molecular flexibility index (Phi) is 8.62. The van der Waals surface area contributed by atoms with Gasteiger partial charge in [0.25, 0.3) is 0 Å². The van der Waals surface area contributed by atoms with Gasteiger partial charge in [-0.2, -0.15) is 10.5 Å². The molecule has 4 rings (SSSR count). The Labute approximate surface area is 224 Å². The van der Waals surface area contributed by atoms with E-state index >= 15 is 4.39 Å². The van der Waals surface area contributed by atoms with Gasteiger partial charge in [0.15, 0.2) is 17.7 Å². The summed E-state index contributed by atoms with van der Waals surface area (Å²) in [5, 5.41) is 14.7. The van der Waals surface area contributed by atoms with Crippen molar-refractivity contribution in [3.05, 3.63) is 48.4 Å². The van der Waals surface area contributed by atoms with Crippen molar-refractivity contribution >= 4 is 25.5 Å². The Hall–Kier alpha value is -3.42. The fourth-order valence-corrected chi connectivity index (χ4v) is 4.64. The molecule has 210 valence electrons. The number of fused-ring (bicyclic) bond motifs is 1. The SMILES string of the molecule is CC(C)OC(=O)[C@H](C)N/N=[P+](\[O-])Oc1ccc(OC[C@H]2O[C@@](C)(c3ccc4c(N)ncnn34)[C@H](F)[C@@H]2O)cc1. The first kappa shape index (κ1) is 28.6. The van der Waals surface area contributed by atoms with E-state index in [1.54, 1.807) is 38.1 Å². The molecule has 2 aromatic heterocycles. The predicted molar refractivity (Wildman–Crippen MR) is 136 cm³/mol. The number of anilines is 1. The van der Waals surface area contributed by atoms with Gasteiger partial charge in [-0.05, 0) is 64.1 Å². The minimum atomic E-state index is -2.51. The highest BCUT2D eigenvalue weighted by Gasteiger charge is 2.55. The van der Waals surface area contributed by atoms with Crippen molar-refractivity contribution in [2.24, 2.45) is 4.85 Å². The average molecular weight is 565 g/mol. The molecule has 39 heavy (non-hydrogen) atoms. The molecule has 1 saturated heterocycles. The second-order valence-corrected chi connectivity index (χ2v) is 10.2. The third-order valence-electron chi connectivity index (χ3n) is 6.05. The summed E-state index contributed by atoms with van der Waals surface area (Å²) in [5.41, 5.74) is 7.68. The molecule has 1 aliphatic rings. The summed E-state index contributed by atoms with van der Waals surface area (Å²) in [6.07, 6.45) is -3.23. The third kappa shape index (κ3) is 6.26. The molecule has 1 aromatic carbocycles. The smallest absolute Gasteiger partial charge is 0.412 e. The number of nitrogens with two attached hydrogens (primary N) is 1. The van der Waals surface area contributed by atoms with Crippen LogP contribution in [0.2, 0.25) is 0 Å². The number of nitrogens with zero attached hydrogens (tertiary/aromatic N) is 4. The normalized spacial score (nSPS) is 24.2. The number of carbonyl (C=O) groups excluding carboxylic acids is 1. The van der Waals surface area contributed by atoms with E-state index in [-0.39, 0.29) is 24.3 Å². The number of aliphatic hydroxyl groups excluding tert-OH is 1. The van der Waals surface area contributed by atoms with E-state index in [2.05, 4.69) is 20.4 Å². The summed E-state index contributed by atoms with van der Waals surface area (Å²) in [5.74, 6) is 0.318. The van der Waals surface area contributed by atoms with Crippen molar-refractivity contribution in [2.45, 2.75) is 63.8 Å². The van der Waals surface area contributed by atoms with Gasteiger partial charge in [0.05, 0.1) is 11.8 Å². The van der Waals surface area contributed by atoms with Crippen molar-refractivity contribution in [2.75, 3.05) is 12.3 Å². The van der Waals surface area contributed by atoms with Crippen LogP contribution in [-0.4, -0.2) is 62.8 Å². The number of aliphatic hydroxyl groups is 1. The number of nitrogens with one attached hydrogen (secondary N) is 1. The first-order valence-corrected chi connectivity index (χ1v) is 13.3. The van der Waals surface area contributed by atoms with Crippen molar-refractivity contribution in [1.29, 1.82) is 0 Å². The van der Waals surface area contributed by atoms with Gasteiger partial charge in [-0.3, -0.25) is 9.32 Å².